The quantitative estimate of drug-likeness (QED) is 0.789. The number of aromatic nitrogens is 2. The van der Waals surface area contributed by atoms with Crippen molar-refractivity contribution in [2.24, 2.45) is 0 Å². The van der Waals surface area contributed by atoms with Gasteiger partial charge in [0.15, 0.2) is 17.3 Å². The van der Waals surface area contributed by atoms with E-state index in [1.807, 2.05) is 0 Å². The summed E-state index contributed by atoms with van der Waals surface area (Å²) < 4.78 is 27.6. The second-order valence-electron chi connectivity index (χ2n) is 4.87. The van der Waals surface area contributed by atoms with Gasteiger partial charge in [-0.2, -0.15) is 5.10 Å². The maximum Gasteiger partial charge on any atom is 0.278 e. The van der Waals surface area contributed by atoms with Crippen LogP contribution in [0, 0.1) is 11.6 Å². The van der Waals surface area contributed by atoms with Crippen molar-refractivity contribution in [2.75, 3.05) is 11.1 Å². The molecule has 21 heavy (non-hydrogen) atoms. The highest BCUT2D eigenvalue weighted by Gasteiger charge is 2.30. The van der Waals surface area contributed by atoms with Crippen molar-refractivity contribution >= 4 is 33.2 Å². The Morgan fingerprint density at radius 3 is 2.57 bits per heavy atom. The Bertz CT molecular complexity index is 704. The Balaban J connectivity index is 1.87. The van der Waals surface area contributed by atoms with Gasteiger partial charge in [-0.25, -0.2) is 8.78 Å². The van der Waals surface area contributed by atoms with E-state index in [9.17, 15) is 13.6 Å². The first-order valence-corrected chi connectivity index (χ1v) is 7.06. The van der Waals surface area contributed by atoms with Gasteiger partial charge in [0.2, 0.25) is 0 Å². The monoisotopic (exact) mass is 356 g/mol. The van der Waals surface area contributed by atoms with Crippen molar-refractivity contribution in [1.82, 2.24) is 10.2 Å². The highest BCUT2D eigenvalue weighted by Crippen LogP contribution is 2.42. The van der Waals surface area contributed by atoms with Crippen molar-refractivity contribution in [2.45, 2.75) is 18.8 Å². The molecule has 4 N–H and O–H groups in total. The smallest absolute Gasteiger partial charge is 0.278 e. The Morgan fingerprint density at radius 1 is 1.38 bits per heavy atom. The third-order valence-corrected chi connectivity index (χ3v) is 3.74. The lowest BCUT2D eigenvalue weighted by atomic mass is 10.2. The van der Waals surface area contributed by atoms with Crippen LogP contribution in [0.5, 0.6) is 0 Å². The Morgan fingerprint density at radius 2 is 2.00 bits per heavy atom. The molecule has 1 fully saturated rings. The molecule has 1 amide bonds. The molecule has 3 rings (SSSR count). The molecule has 5 nitrogen and oxygen atoms in total. The standard InChI is InChI=1S/C13H11BrF2N4O/c14-6-3-7(15)11(8(16)4-6)18-13(21)12-9(17)10(19-20-12)5-1-2-5/h3-5H,1-2,17H2,(H,18,21)(H,19,20). The van der Waals surface area contributed by atoms with Crippen molar-refractivity contribution in [3.8, 4) is 0 Å². The first-order chi connectivity index (χ1) is 9.97. The van der Waals surface area contributed by atoms with Gasteiger partial charge in [-0.15, -0.1) is 0 Å². The van der Waals surface area contributed by atoms with Gasteiger partial charge in [-0.05, 0) is 25.0 Å². The molecule has 1 saturated carbocycles. The van der Waals surface area contributed by atoms with Crippen LogP contribution in [0.3, 0.4) is 0 Å². The van der Waals surface area contributed by atoms with Gasteiger partial charge >= 0.3 is 0 Å². The molecular formula is C13H11BrF2N4O. The number of benzene rings is 1. The molecule has 2 aromatic rings. The van der Waals surface area contributed by atoms with Crippen LogP contribution in [-0.2, 0) is 0 Å². The van der Waals surface area contributed by atoms with E-state index >= 15 is 0 Å². The van der Waals surface area contributed by atoms with E-state index in [0.717, 1.165) is 25.0 Å². The number of nitrogens with two attached hydrogens (primary N) is 1. The molecule has 1 aliphatic carbocycles. The van der Waals surface area contributed by atoms with E-state index in [1.54, 1.807) is 0 Å². The van der Waals surface area contributed by atoms with Crippen LogP contribution >= 0.6 is 15.9 Å². The van der Waals surface area contributed by atoms with Gasteiger partial charge in [-0.1, -0.05) is 15.9 Å². The fourth-order valence-electron chi connectivity index (χ4n) is 2.05. The second-order valence-corrected chi connectivity index (χ2v) is 5.79. The van der Waals surface area contributed by atoms with Gasteiger partial charge in [0.1, 0.15) is 5.69 Å². The maximum atomic E-state index is 13.7. The van der Waals surface area contributed by atoms with Crippen molar-refractivity contribution in [3.05, 3.63) is 39.6 Å². The van der Waals surface area contributed by atoms with E-state index in [1.165, 1.54) is 0 Å². The molecule has 0 radical (unpaired) electrons. The molecule has 0 spiro atoms. The molecule has 8 heteroatoms. The fraction of sp³-hybridized carbons (Fsp3) is 0.231. The molecule has 0 unspecified atom stereocenters. The number of rotatable bonds is 3. The van der Waals surface area contributed by atoms with Gasteiger partial charge in [0.25, 0.3) is 5.91 Å². The number of H-pyrrole nitrogens is 1. The van der Waals surface area contributed by atoms with Gasteiger partial charge < -0.3 is 11.1 Å². The molecular weight excluding hydrogens is 346 g/mol. The number of aromatic amines is 1. The number of carbonyl (C=O) groups excluding carboxylic acids is 1. The molecule has 1 heterocycles. The third-order valence-electron chi connectivity index (χ3n) is 3.28. The number of amides is 1. The number of halogens is 3. The molecule has 1 aromatic heterocycles. The van der Waals surface area contributed by atoms with Crippen LogP contribution in [0.1, 0.15) is 34.9 Å². The van der Waals surface area contributed by atoms with Gasteiger partial charge in [0.05, 0.1) is 11.4 Å². The van der Waals surface area contributed by atoms with E-state index in [4.69, 9.17) is 5.73 Å². The first-order valence-electron chi connectivity index (χ1n) is 6.27. The minimum absolute atomic E-state index is 0.0568. The van der Waals surface area contributed by atoms with Crippen LogP contribution in [0.4, 0.5) is 20.2 Å². The van der Waals surface area contributed by atoms with Crippen LogP contribution in [-0.4, -0.2) is 16.1 Å². The van der Waals surface area contributed by atoms with E-state index in [-0.39, 0.29) is 15.9 Å². The number of hydrogen-bond acceptors (Lipinski definition) is 3. The van der Waals surface area contributed by atoms with Crippen LogP contribution in [0.25, 0.3) is 0 Å². The Hall–Kier alpha value is -1.96. The molecule has 0 atom stereocenters. The van der Waals surface area contributed by atoms with Crippen molar-refractivity contribution in [1.29, 1.82) is 0 Å². The van der Waals surface area contributed by atoms with Crippen LogP contribution < -0.4 is 11.1 Å². The lowest BCUT2D eigenvalue weighted by Gasteiger charge is -2.07. The maximum absolute atomic E-state index is 13.7. The van der Waals surface area contributed by atoms with E-state index < -0.39 is 23.2 Å². The second kappa shape index (κ2) is 5.10. The summed E-state index contributed by atoms with van der Waals surface area (Å²) >= 11 is 2.97. The molecule has 0 saturated heterocycles. The topological polar surface area (TPSA) is 83.8 Å². The minimum Gasteiger partial charge on any atom is -0.395 e. The normalized spacial score (nSPS) is 14.2. The summed E-state index contributed by atoms with van der Waals surface area (Å²) in [6, 6.07) is 2.12. The van der Waals surface area contributed by atoms with Gasteiger partial charge in [0, 0.05) is 10.4 Å². The van der Waals surface area contributed by atoms with Gasteiger partial charge in [-0.3, -0.25) is 9.89 Å². The molecule has 110 valence electrons. The van der Waals surface area contributed by atoms with E-state index in [0.29, 0.717) is 11.6 Å². The number of anilines is 2. The summed E-state index contributed by atoms with van der Waals surface area (Å²) in [5, 5.41) is 8.71. The zero-order valence-electron chi connectivity index (χ0n) is 10.7. The summed E-state index contributed by atoms with van der Waals surface area (Å²) in [4.78, 5) is 12.1. The number of nitrogens with zero attached hydrogens (tertiary/aromatic N) is 1. The van der Waals surface area contributed by atoms with Crippen LogP contribution in [0.15, 0.2) is 16.6 Å². The molecule has 0 aliphatic heterocycles. The number of carbonyl (C=O) groups is 1. The average Bonchev–Trinajstić information content (AvgIpc) is 3.17. The van der Waals surface area contributed by atoms with E-state index in [2.05, 4.69) is 31.4 Å². The predicted octanol–water partition coefficient (Wildman–Crippen LogP) is 3.16. The largest absolute Gasteiger partial charge is 0.395 e. The SMILES string of the molecule is Nc1c(C(=O)Nc2c(F)cc(Br)cc2F)n[nH]c1C1CC1. The average molecular weight is 357 g/mol. The summed E-state index contributed by atoms with van der Waals surface area (Å²) in [6.45, 7) is 0. The summed E-state index contributed by atoms with van der Waals surface area (Å²) in [5.41, 5.74) is 6.20. The number of nitrogen functional groups attached to an aromatic ring is 1. The Labute approximate surface area is 127 Å². The lowest BCUT2D eigenvalue weighted by Crippen LogP contribution is -2.16. The summed E-state index contributed by atoms with van der Waals surface area (Å²) in [5.74, 6) is -2.23. The first kappa shape index (κ1) is 14.0. The molecule has 1 aromatic carbocycles. The Kier molecular flexibility index (Phi) is 3.40. The summed E-state index contributed by atoms with van der Waals surface area (Å²) in [7, 11) is 0. The number of hydrogen-bond donors (Lipinski definition) is 3. The number of nitrogens with one attached hydrogen (secondary N) is 2. The third kappa shape index (κ3) is 2.63. The lowest BCUT2D eigenvalue weighted by molar-refractivity contribution is 0.102. The van der Waals surface area contributed by atoms with Crippen molar-refractivity contribution < 1.29 is 13.6 Å². The predicted molar refractivity (Wildman–Crippen MR) is 77.0 cm³/mol. The minimum atomic E-state index is -0.883. The zero-order chi connectivity index (χ0) is 15.1. The fourth-order valence-corrected chi connectivity index (χ4v) is 2.46. The highest BCUT2D eigenvalue weighted by atomic mass is 79.9. The summed E-state index contributed by atoms with van der Waals surface area (Å²) in [6.07, 6.45) is 1.98. The van der Waals surface area contributed by atoms with Crippen LogP contribution in [0.2, 0.25) is 0 Å². The highest BCUT2D eigenvalue weighted by molar-refractivity contribution is 9.10. The zero-order valence-corrected chi connectivity index (χ0v) is 12.3. The molecule has 0 bridgehead atoms. The van der Waals surface area contributed by atoms with Crippen molar-refractivity contribution in [3.63, 3.8) is 0 Å². The molecule has 1 aliphatic rings.